The molecule has 0 unspecified atom stereocenters. The van der Waals surface area contributed by atoms with Crippen LogP contribution in [0.2, 0.25) is 0 Å². The van der Waals surface area contributed by atoms with E-state index >= 15 is 0 Å². The molecule has 0 aliphatic carbocycles. The molecule has 2 rings (SSSR count). The molecule has 0 aromatic carbocycles. The molecule has 1 N–H and O–H groups in total. The van der Waals surface area contributed by atoms with Crippen molar-refractivity contribution >= 4 is 11.8 Å². The van der Waals surface area contributed by atoms with E-state index < -0.39 is 0 Å². The van der Waals surface area contributed by atoms with Gasteiger partial charge in [0.05, 0.1) is 0 Å². The van der Waals surface area contributed by atoms with Crippen molar-refractivity contribution in [2.45, 2.75) is 43.5 Å². The molecular formula is C14H20N4S. The van der Waals surface area contributed by atoms with Gasteiger partial charge in [-0.25, -0.2) is 9.97 Å². The van der Waals surface area contributed by atoms with Crippen LogP contribution in [0.1, 0.15) is 25.0 Å². The summed E-state index contributed by atoms with van der Waals surface area (Å²) in [4.78, 5) is 8.85. The van der Waals surface area contributed by atoms with Crippen LogP contribution in [0.5, 0.6) is 0 Å². The van der Waals surface area contributed by atoms with Crippen molar-refractivity contribution in [2.24, 2.45) is 7.05 Å². The molecule has 102 valence electrons. The van der Waals surface area contributed by atoms with Gasteiger partial charge in [-0.3, -0.25) is 0 Å². The van der Waals surface area contributed by atoms with E-state index in [-0.39, 0.29) is 0 Å². The van der Waals surface area contributed by atoms with E-state index in [2.05, 4.69) is 42.1 Å². The molecule has 0 aliphatic heterocycles. The molecule has 5 heteroatoms. The van der Waals surface area contributed by atoms with Crippen LogP contribution in [0.4, 0.5) is 0 Å². The number of aromatic nitrogens is 3. The highest BCUT2D eigenvalue weighted by Gasteiger charge is 2.07. The number of imidazole rings is 1. The summed E-state index contributed by atoms with van der Waals surface area (Å²) >= 11 is 1.60. The van der Waals surface area contributed by atoms with Gasteiger partial charge in [0.2, 0.25) is 0 Å². The maximum atomic E-state index is 4.54. The Labute approximate surface area is 118 Å². The molecule has 0 saturated carbocycles. The van der Waals surface area contributed by atoms with Crippen molar-refractivity contribution < 1.29 is 0 Å². The Morgan fingerprint density at radius 1 is 1.37 bits per heavy atom. The third-order valence-electron chi connectivity index (χ3n) is 2.77. The molecular weight excluding hydrogens is 256 g/mol. The van der Waals surface area contributed by atoms with E-state index in [1.807, 2.05) is 24.0 Å². The smallest absolute Gasteiger partial charge is 0.174 e. The Balaban J connectivity index is 2.09. The largest absolute Gasteiger partial charge is 0.329 e. The van der Waals surface area contributed by atoms with Crippen molar-refractivity contribution in [2.75, 3.05) is 0 Å². The lowest BCUT2D eigenvalue weighted by Crippen LogP contribution is -2.21. The van der Waals surface area contributed by atoms with Gasteiger partial charge in [-0.05, 0) is 29.8 Å². The lowest BCUT2D eigenvalue weighted by Gasteiger charge is -2.10. The highest BCUT2D eigenvalue weighted by Crippen LogP contribution is 2.26. The fraction of sp³-hybridized carbons (Fsp3) is 0.429. The van der Waals surface area contributed by atoms with E-state index in [0.29, 0.717) is 6.04 Å². The predicted octanol–water partition coefficient (Wildman–Crippen LogP) is 2.77. The third kappa shape index (κ3) is 3.81. The standard InChI is InChI=1S/C14H20N4S/c1-10(2)16-8-12-7-11(3)13(17-9-12)19-14-15-5-6-18(14)4/h5-7,9-10,16H,8H2,1-4H3. The van der Waals surface area contributed by atoms with Gasteiger partial charge in [0.25, 0.3) is 0 Å². The Hall–Kier alpha value is -1.33. The first-order chi connectivity index (χ1) is 9.06. The van der Waals surface area contributed by atoms with E-state index in [9.17, 15) is 0 Å². The Morgan fingerprint density at radius 2 is 2.16 bits per heavy atom. The molecule has 4 nitrogen and oxygen atoms in total. The number of nitrogens with one attached hydrogen (secondary N) is 1. The molecule has 0 amide bonds. The van der Waals surface area contributed by atoms with Gasteiger partial charge in [-0.1, -0.05) is 19.9 Å². The summed E-state index contributed by atoms with van der Waals surface area (Å²) in [5.74, 6) is 0. The second-order valence-corrected chi connectivity index (χ2v) is 5.88. The number of nitrogens with zero attached hydrogens (tertiary/aromatic N) is 3. The summed E-state index contributed by atoms with van der Waals surface area (Å²) in [6, 6.07) is 2.68. The zero-order valence-electron chi connectivity index (χ0n) is 11.8. The quantitative estimate of drug-likeness (QED) is 0.912. The summed E-state index contributed by atoms with van der Waals surface area (Å²) in [5, 5.41) is 5.38. The molecule has 0 radical (unpaired) electrons. The molecule has 0 aliphatic rings. The summed E-state index contributed by atoms with van der Waals surface area (Å²) in [5.41, 5.74) is 2.41. The van der Waals surface area contributed by atoms with Crippen LogP contribution in [0.25, 0.3) is 0 Å². The van der Waals surface area contributed by atoms with Gasteiger partial charge in [-0.2, -0.15) is 0 Å². The van der Waals surface area contributed by atoms with Crippen LogP contribution in [-0.4, -0.2) is 20.6 Å². The number of rotatable bonds is 5. The minimum absolute atomic E-state index is 0.488. The van der Waals surface area contributed by atoms with E-state index in [1.165, 1.54) is 11.1 Å². The Morgan fingerprint density at radius 3 is 2.74 bits per heavy atom. The van der Waals surface area contributed by atoms with E-state index in [1.54, 1.807) is 18.0 Å². The lowest BCUT2D eigenvalue weighted by atomic mass is 10.2. The molecule has 0 spiro atoms. The van der Waals surface area contributed by atoms with Gasteiger partial charge in [-0.15, -0.1) is 0 Å². The number of aryl methyl sites for hydroxylation is 2. The normalized spacial score (nSPS) is 11.2. The van der Waals surface area contributed by atoms with Crippen molar-refractivity contribution in [1.82, 2.24) is 19.9 Å². The zero-order valence-corrected chi connectivity index (χ0v) is 12.7. The Bertz CT molecular complexity index is 548. The SMILES string of the molecule is Cc1cc(CNC(C)C)cnc1Sc1nccn1C. The van der Waals surface area contributed by atoms with Gasteiger partial charge in [0, 0.05) is 38.2 Å². The third-order valence-corrected chi connectivity index (χ3v) is 3.96. The van der Waals surface area contributed by atoms with Gasteiger partial charge in [0.1, 0.15) is 5.03 Å². The summed E-state index contributed by atoms with van der Waals surface area (Å²) < 4.78 is 2.00. The zero-order chi connectivity index (χ0) is 13.8. The topological polar surface area (TPSA) is 42.7 Å². The first-order valence-corrected chi connectivity index (χ1v) is 7.22. The minimum atomic E-state index is 0.488. The highest BCUT2D eigenvalue weighted by molar-refractivity contribution is 7.99. The van der Waals surface area contributed by atoms with Crippen molar-refractivity contribution in [3.8, 4) is 0 Å². The number of pyridine rings is 1. The Kier molecular flexibility index (Phi) is 4.61. The fourth-order valence-electron chi connectivity index (χ4n) is 1.68. The van der Waals surface area contributed by atoms with Crippen molar-refractivity contribution in [3.05, 3.63) is 35.8 Å². The van der Waals surface area contributed by atoms with Crippen LogP contribution in [0.3, 0.4) is 0 Å². The van der Waals surface area contributed by atoms with Gasteiger partial charge in [0.15, 0.2) is 5.16 Å². The molecule has 19 heavy (non-hydrogen) atoms. The van der Waals surface area contributed by atoms with Gasteiger partial charge < -0.3 is 9.88 Å². The average Bonchev–Trinajstić information content (AvgIpc) is 2.75. The molecule has 0 bridgehead atoms. The van der Waals surface area contributed by atoms with Crippen LogP contribution in [0.15, 0.2) is 34.8 Å². The maximum absolute atomic E-state index is 4.54. The second kappa shape index (κ2) is 6.21. The van der Waals surface area contributed by atoms with Gasteiger partial charge >= 0.3 is 0 Å². The minimum Gasteiger partial charge on any atom is -0.329 e. The molecule has 2 heterocycles. The predicted molar refractivity (Wildman–Crippen MR) is 78.3 cm³/mol. The fourth-order valence-corrected chi connectivity index (χ4v) is 2.50. The van der Waals surface area contributed by atoms with Crippen LogP contribution >= 0.6 is 11.8 Å². The lowest BCUT2D eigenvalue weighted by molar-refractivity contribution is 0.587. The maximum Gasteiger partial charge on any atom is 0.174 e. The number of hydrogen-bond acceptors (Lipinski definition) is 4. The van der Waals surface area contributed by atoms with E-state index in [0.717, 1.165) is 16.7 Å². The molecule has 2 aromatic heterocycles. The molecule has 0 fully saturated rings. The molecule has 0 saturated heterocycles. The molecule has 0 atom stereocenters. The van der Waals surface area contributed by atoms with E-state index in [4.69, 9.17) is 0 Å². The van der Waals surface area contributed by atoms with Crippen LogP contribution in [0, 0.1) is 6.92 Å². The van der Waals surface area contributed by atoms with Crippen molar-refractivity contribution in [3.63, 3.8) is 0 Å². The first kappa shape index (κ1) is 14.1. The number of hydrogen-bond donors (Lipinski definition) is 1. The summed E-state index contributed by atoms with van der Waals surface area (Å²) in [6.07, 6.45) is 5.69. The second-order valence-electron chi connectivity index (χ2n) is 4.92. The van der Waals surface area contributed by atoms with Crippen LogP contribution < -0.4 is 5.32 Å². The summed E-state index contributed by atoms with van der Waals surface area (Å²) in [7, 11) is 1.99. The molecule has 2 aromatic rings. The highest BCUT2D eigenvalue weighted by atomic mass is 32.2. The summed E-state index contributed by atoms with van der Waals surface area (Å²) in [6.45, 7) is 7.24. The first-order valence-electron chi connectivity index (χ1n) is 6.40. The average molecular weight is 276 g/mol. The van der Waals surface area contributed by atoms with Crippen LogP contribution in [-0.2, 0) is 13.6 Å². The monoisotopic (exact) mass is 276 g/mol. The van der Waals surface area contributed by atoms with Crippen molar-refractivity contribution in [1.29, 1.82) is 0 Å².